The molecule has 1 heterocycles. The molecule has 6 heteroatoms. The number of rotatable bonds is 3. The number of H-pyrrole nitrogens is 1. The van der Waals surface area contributed by atoms with E-state index in [4.69, 9.17) is 0 Å². The van der Waals surface area contributed by atoms with E-state index in [9.17, 15) is 13.6 Å². The van der Waals surface area contributed by atoms with E-state index in [1.165, 1.54) is 0 Å². The maximum Gasteiger partial charge on any atom is 0.259 e. The van der Waals surface area contributed by atoms with Crippen LogP contribution in [0.3, 0.4) is 0 Å². The molecule has 0 saturated heterocycles. The minimum Gasteiger partial charge on any atom is -0.304 e. The molecule has 0 aliphatic heterocycles. The van der Waals surface area contributed by atoms with Crippen LogP contribution in [0.15, 0.2) is 60.7 Å². The predicted molar refractivity (Wildman–Crippen MR) is 101 cm³/mol. The lowest BCUT2D eigenvalue weighted by molar-refractivity contribution is 0.102. The second-order valence-electron chi connectivity index (χ2n) is 6.28. The summed E-state index contributed by atoms with van der Waals surface area (Å²) >= 11 is 0. The molecule has 0 unspecified atom stereocenters. The van der Waals surface area contributed by atoms with Crippen LogP contribution in [0.25, 0.3) is 22.0 Å². The number of anilines is 1. The van der Waals surface area contributed by atoms with Crippen molar-refractivity contribution >= 4 is 22.6 Å². The molecular formula is C21H15F2N3O. The summed E-state index contributed by atoms with van der Waals surface area (Å²) in [6.45, 7) is 2.03. The molecule has 134 valence electrons. The normalized spacial score (nSPS) is 10.9. The van der Waals surface area contributed by atoms with Gasteiger partial charge in [-0.3, -0.25) is 9.89 Å². The van der Waals surface area contributed by atoms with Crippen molar-refractivity contribution in [1.29, 1.82) is 0 Å². The molecule has 0 saturated carbocycles. The summed E-state index contributed by atoms with van der Waals surface area (Å²) in [5.41, 5.74) is 3.74. The summed E-state index contributed by atoms with van der Waals surface area (Å²) in [6.07, 6.45) is 0. The Kier molecular flexibility index (Phi) is 4.16. The predicted octanol–water partition coefficient (Wildman–Crippen LogP) is 5.07. The van der Waals surface area contributed by atoms with Gasteiger partial charge >= 0.3 is 0 Å². The first-order valence-electron chi connectivity index (χ1n) is 8.33. The number of aromatic amines is 1. The van der Waals surface area contributed by atoms with Gasteiger partial charge in [0.15, 0.2) is 5.82 Å². The molecule has 0 fully saturated rings. The number of aromatic nitrogens is 2. The number of aryl methyl sites for hydroxylation is 1. The molecule has 1 amide bonds. The lowest BCUT2D eigenvalue weighted by atomic mass is 10.0. The van der Waals surface area contributed by atoms with E-state index < -0.39 is 17.5 Å². The number of carbonyl (C=O) groups is 1. The van der Waals surface area contributed by atoms with Crippen molar-refractivity contribution in [2.45, 2.75) is 6.92 Å². The average molecular weight is 363 g/mol. The highest BCUT2D eigenvalue weighted by molar-refractivity contribution is 6.08. The number of hydrogen-bond acceptors (Lipinski definition) is 2. The number of fused-ring (bicyclic) bond motifs is 1. The van der Waals surface area contributed by atoms with Crippen LogP contribution in [-0.2, 0) is 0 Å². The zero-order chi connectivity index (χ0) is 19.0. The van der Waals surface area contributed by atoms with Gasteiger partial charge in [0.1, 0.15) is 11.6 Å². The van der Waals surface area contributed by atoms with Crippen molar-refractivity contribution in [2.24, 2.45) is 0 Å². The summed E-state index contributed by atoms with van der Waals surface area (Å²) in [7, 11) is 0. The highest BCUT2D eigenvalue weighted by Gasteiger charge is 2.16. The quantitative estimate of drug-likeness (QED) is 0.534. The van der Waals surface area contributed by atoms with Gasteiger partial charge in [-0.1, -0.05) is 35.9 Å². The van der Waals surface area contributed by atoms with E-state index in [1.807, 2.05) is 43.3 Å². The topological polar surface area (TPSA) is 57.8 Å². The number of nitrogens with zero attached hydrogens (tertiary/aromatic N) is 1. The maximum absolute atomic E-state index is 13.8. The Morgan fingerprint density at radius 2 is 1.81 bits per heavy atom. The van der Waals surface area contributed by atoms with Crippen LogP contribution in [0.2, 0.25) is 0 Å². The van der Waals surface area contributed by atoms with E-state index in [1.54, 1.807) is 0 Å². The molecule has 3 aromatic carbocycles. The largest absolute Gasteiger partial charge is 0.304 e. The number of halogens is 2. The SMILES string of the molecule is Cc1cccc(-c2ccc3c(NC(=O)c4ccc(F)cc4F)n[nH]c3c2)c1. The Labute approximate surface area is 153 Å². The molecule has 27 heavy (non-hydrogen) atoms. The molecular weight excluding hydrogens is 348 g/mol. The fourth-order valence-corrected chi connectivity index (χ4v) is 2.97. The first-order valence-corrected chi connectivity index (χ1v) is 8.33. The molecule has 0 spiro atoms. The van der Waals surface area contributed by atoms with Gasteiger partial charge in [0, 0.05) is 11.5 Å². The molecule has 0 radical (unpaired) electrons. The van der Waals surface area contributed by atoms with Crippen molar-refractivity contribution in [3.05, 3.63) is 83.4 Å². The van der Waals surface area contributed by atoms with Crippen LogP contribution in [0.5, 0.6) is 0 Å². The number of benzene rings is 3. The molecule has 0 bridgehead atoms. The monoisotopic (exact) mass is 363 g/mol. The van der Waals surface area contributed by atoms with Crippen molar-refractivity contribution in [1.82, 2.24) is 10.2 Å². The minimum atomic E-state index is -0.922. The van der Waals surface area contributed by atoms with Gasteiger partial charge in [-0.05, 0) is 42.3 Å². The third kappa shape index (κ3) is 3.29. The van der Waals surface area contributed by atoms with Gasteiger partial charge in [0.2, 0.25) is 0 Å². The molecule has 2 N–H and O–H groups in total. The summed E-state index contributed by atoms with van der Waals surface area (Å²) in [5, 5.41) is 10.2. The number of hydrogen-bond donors (Lipinski definition) is 2. The Hall–Kier alpha value is -3.54. The molecule has 1 aromatic heterocycles. The summed E-state index contributed by atoms with van der Waals surface area (Å²) < 4.78 is 26.8. The number of nitrogens with one attached hydrogen (secondary N) is 2. The fourth-order valence-electron chi connectivity index (χ4n) is 2.97. The van der Waals surface area contributed by atoms with E-state index >= 15 is 0 Å². The summed E-state index contributed by atoms with van der Waals surface area (Å²) in [4.78, 5) is 12.3. The third-order valence-electron chi connectivity index (χ3n) is 4.32. The molecule has 0 aliphatic carbocycles. The van der Waals surface area contributed by atoms with E-state index in [2.05, 4.69) is 21.6 Å². The van der Waals surface area contributed by atoms with E-state index in [0.29, 0.717) is 11.5 Å². The fraction of sp³-hybridized carbons (Fsp3) is 0.0476. The Morgan fingerprint density at radius 3 is 2.59 bits per heavy atom. The van der Waals surface area contributed by atoms with Crippen LogP contribution >= 0.6 is 0 Å². The van der Waals surface area contributed by atoms with E-state index in [0.717, 1.165) is 34.3 Å². The molecule has 4 nitrogen and oxygen atoms in total. The highest BCUT2D eigenvalue weighted by Crippen LogP contribution is 2.28. The number of carbonyl (C=O) groups excluding carboxylic acids is 1. The van der Waals surface area contributed by atoms with Crippen LogP contribution in [0.4, 0.5) is 14.6 Å². The summed E-state index contributed by atoms with van der Waals surface area (Å²) in [5.74, 6) is -2.06. The smallest absolute Gasteiger partial charge is 0.259 e. The standard InChI is InChI=1S/C21H15F2N3O/c1-12-3-2-4-13(9-12)14-5-7-17-19(10-14)25-26-20(17)24-21(27)16-8-6-15(22)11-18(16)23/h2-11H,1H3,(H2,24,25,26,27). The Bertz CT molecular complexity index is 1170. The van der Waals surface area contributed by atoms with Crippen LogP contribution < -0.4 is 5.32 Å². The molecule has 0 aliphatic rings. The maximum atomic E-state index is 13.8. The molecule has 0 atom stereocenters. The van der Waals surface area contributed by atoms with Gasteiger partial charge in [-0.2, -0.15) is 5.10 Å². The first-order chi connectivity index (χ1) is 13.0. The second-order valence-corrected chi connectivity index (χ2v) is 6.28. The van der Waals surface area contributed by atoms with Crippen molar-refractivity contribution in [2.75, 3.05) is 5.32 Å². The third-order valence-corrected chi connectivity index (χ3v) is 4.32. The van der Waals surface area contributed by atoms with Gasteiger partial charge in [-0.15, -0.1) is 0 Å². The van der Waals surface area contributed by atoms with Crippen LogP contribution in [0.1, 0.15) is 15.9 Å². The minimum absolute atomic E-state index is 0.246. The lowest BCUT2D eigenvalue weighted by Gasteiger charge is -2.05. The van der Waals surface area contributed by atoms with Crippen molar-refractivity contribution in [3.63, 3.8) is 0 Å². The Balaban J connectivity index is 1.64. The van der Waals surface area contributed by atoms with Gasteiger partial charge in [0.05, 0.1) is 11.1 Å². The van der Waals surface area contributed by atoms with Crippen LogP contribution in [-0.4, -0.2) is 16.1 Å². The van der Waals surface area contributed by atoms with Gasteiger partial charge in [0.25, 0.3) is 5.91 Å². The van der Waals surface area contributed by atoms with Crippen molar-refractivity contribution in [3.8, 4) is 11.1 Å². The van der Waals surface area contributed by atoms with E-state index in [-0.39, 0.29) is 11.4 Å². The second kappa shape index (κ2) is 6.64. The first kappa shape index (κ1) is 16.9. The zero-order valence-electron chi connectivity index (χ0n) is 14.4. The molecule has 4 aromatic rings. The van der Waals surface area contributed by atoms with Gasteiger partial charge < -0.3 is 5.32 Å². The lowest BCUT2D eigenvalue weighted by Crippen LogP contribution is -2.14. The average Bonchev–Trinajstić information content (AvgIpc) is 3.03. The van der Waals surface area contributed by atoms with Gasteiger partial charge in [-0.25, -0.2) is 8.78 Å². The van der Waals surface area contributed by atoms with Crippen LogP contribution in [0, 0.1) is 18.6 Å². The van der Waals surface area contributed by atoms with Crippen molar-refractivity contribution < 1.29 is 13.6 Å². The zero-order valence-corrected chi connectivity index (χ0v) is 14.4. The summed E-state index contributed by atoms with van der Waals surface area (Å²) in [6, 6.07) is 16.6. The highest BCUT2D eigenvalue weighted by atomic mass is 19.1. The Morgan fingerprint density at radius 1 is 1.00 bits per heavy atom. The number of amides is 1. The molecule has 4 rings (SSSR count).